The van der Waals surface area contributed by atoms with Gasteiger partial charge in [-0.3, -0.25) is 10.1 Å². The number of dihydropyridines is 1. The number of hydrogen-bond acceptors (Lipinski definition) is 6. The zero-order chi connectivity index (χ0) is 22.8. The molecule has 0 spiro atoms. The summed E-state index contributed by atoms with van der Waals surface area (Å²) in [5.41, 5.74) is 3.72. The van der Waals surface area contributed by atoms with Crippen molar-refractivity contribution in [2.45, 2.75) is 32.1 Å². The summed E-state index contributed by atoms with van der Waals surface area (Å²) in [4.78, 5) is 24.1. The van der Waals surface area contributed by atoms with Crippen LogP contribution in [0.15, 0.2) is 77.1 Å². The van der Waals surface area contributed by atoms with Gasteiger partial charge in [0.15, 0.2) is 0 Å². The number of ether oxygens (including phenoxy) is 1. The fourth-order valence-electron chi connectivity index (χ4n) is 4.46. The van der Waals surface area contributed by atoms with Crippen LogP contribution in [0, 0.1) is 27.4 Å². The van der Waals surface area contributed by atoms with Crippen molar-refractivity contribution in [1.29, 1.82) is 5.26 Å². The molecule has 3 atom stereocenters. The third-order valence-electron chi connectivity index (χ3n) is 6.01. The van der Waals surface area contributed by atoms with Crippen molar-refractivity contribution < 1.29 is 14.5 Å². The summed E-state index contributed by atoms with van der Waals surface area (Å²) in [6, 6.07) is 18.4. The summed E-state index contributed by atoms with van der Waals surface area (Å²) >= 11 is 0. The third kappa shape index (κ3) is 3.87. The number of nitro groups is 1. The molecule has 0 amide bonds. The molecule has 4 rings (SSSR count). The fraction of sp³-hybridized carbons (Fsp3) is 0.280. The van der Waals surface area contributed by atoms with Crippen LogP contribution < -0.4 is 5.32 Å². The van der Waals surface area contributed by atoms with Crippen molar-refractivity contribution in [3.8, 4) is 6.07 Å². The number of nitriles is 1. The second kappa shape index (κ2) is 8.67. The molecule has 1 saturated carbocycles. The third-order valence-corrected chi connectivity index (χ3v) is 6.01. The normalized spacial score (nSPS) is 22.1. The lowest BCUT2D eigenvalue weighted by molar-refractivity contribution is -0.384. The van der Waals surface area contributed by atoms with Gasteiger partial charge in [0.1, 0.15) is 0 Å². The maximum atomic E-state index is 13.2. The lowest BCUT2D eigenvalue weighted by atomic mass is 9.79. The number of carbonyl (C=O) groups is 1. The van der Waals surface area contributed by atoms with E-state index in [1.54, 1.807) is 26.0 Å². The van der Waals surface area contributed by atoms with Crippen LogP contribution in [0.25, 0.3) is 0 Å². The average molecular weight is 429 g/mol. The number of benzene rings is 2. The van der Waals surface area contributed by atoms with Crippen LogP contribution in [0.5, 0.6) is 0 Å². The molecule has 2 aromatic carbocycles. The van der Waals surface area contributed by atoms with Crippen molar-refractivity contribution in [3.63, 3.8) is 0 Å². The molecule has 7 nitrogen and oxygen atoms in total. The minimum atomic E-state index is -0.729. The van der Waals surface area contributed by atoms with E-state index in [2.05, 4.69) is 23.5 Å². The average Bonchev–Trinajstić information content (AvgIpc) is 3.60. The zero-order valence-corrected chi connectivity index (χ0v) is 17.9. The van der Waals surface area contributed by atoms with Gasteiger partial charge in [0.05, 0.1) is 34.7 Å². The van der Waals surface area contributed by atoms with Crippen LogP contribution in [0.1, 0.15) is 43.2 Å². The monoisotopic (exact) mass is 429 g/mol. The SMILES string of the molecule is CCOC(=O)C1=C([C@@H]2C[C@H]2c2ccccc2)NC(C)=C(C#N)C1c1cccc([N+](=O)[O-])c1. The van der Waals surface area contributed by atoms with Gasteiger partial charge in [-0.1, -0.05) is 42.5 Å². The highest BCUT2D eigenvalue weighted by molar-refractivity contribution is 5.93. The molecular formula is C25H23N3O4. The minimum Gasteiger partial charge on any atom is -0.463 e. The smallest absolute Gasteiger partial charge is 0.336 e. The van der Waals surface area contributed by atoms with E-state index in [1.165, 1.54) is 17.7 Å². The van der Waals surface area contributed by atoms with Crippen LogP contribution in [0.4, 0.5) is 5.69 Å². The Bertz CT molecular complexity index is 1180. The van der Waals surface area contributed by atoms with Crippen LogP contribution in [-0.2, 0) is 9.53 Å². The van der Waals surface area contributed by atoms with Crippen LogP contribution in [0.3, 0.4) is 0 Å². The van der Waals surface area contributed by atoms with E-state index in [4.69, 9.17) is 4.74 Å². The van der Waals surface area contributed by atoms with Gasteiger partial charge in [-0.2, -0.15) is 5.26 Å². The molecule has 1 unspecified atom stereocenters. The van der Waals surface area contributed by atoms with Crippen molar-refractivity contribution in [2.24, 2.45) is 5.92 Å². The largest absolute Gasteiger partial charge is 0.463 e. The van der Waals surface area contributed by atoms with Crippen molar-refractivity contribution in [2.75, 3.05) is 6.61 Å². The summed E-state index contributed by atoms with van der Waals surface area (Å²) < 4.78 is 5.39. The van der Waals surface area contributed by atoms with E-state index < -0.39 is 16.8 Å². The quantitative estimate of drug-likeness (QED) is 0.405. The Labute approximate surface area is 186 Å². The number of nitrogens with one attached hydrogen (secondary N) is 1. The molecule has 0 saturated heterocycles. The Balaban J connectivity index is 1.85. The molecule has 1 heterocycles. The van der Waals surface area contributed by atoms with Gasteiger partial charge >= 0.3 is 5.97 Å². The first-order valence-electron chi connectivity index (χ1n) is 10.5. The van der Waals surface area contributed by atoms with Crippen LogP contribution in [0.2, 0.25) is 0 Å². The van der Waals surface area contributed by atoms with Gasteiger partial charge in [0.25, 0.3) is 5.69 Å². The molecule has 2 aromatic rings. The second-order valence-corrected chi connectivity index (χ2v) is 7.97. The van der Waals surface area contributed by atoms with Gasteiger partial charge in [-0.25, -0.2) is 4.79 Å². The maximum absolute atomic E-state index is 13.2. The number of non-ortho nitro benzene ring substituents is 1. The lowest BCUT2D eigenvalue weighted by Gasteiger charge is -2.30. The molecule has 0 bridgehead atoms. The zero-order valence-electron chi connectivity index (χ0n) is 17.9. The molecule has 7 heteroatoms. The molecular weight excluding hydrogens is 406 g/mol. The van der Waals surface area contributed by atoms with Crippen molar-refractivity contribution in [3.05, 3.63) is 98.4 Å². The van der Waals surface area contributed by atoms with E-state index in [9.17, 15) is 20.2 Å². The first-order valence-corrected chi connectivity index (χ1v) is 10.5. The van der Waals surface area contributed by atoms with Crippen molar-refractivity contribution >= 4 is 11.7 Å². The first kappa shape index (κ1) is 21.3. The minimum absolute atomic E-state index is 0.0770. The van der Waals surface area contributed by atoms with Crippen LogP contribution in [-0.4, -0.2) is 17.5 Å². The predicted molar refractivity (Wildman–Crippen MR) is 118 cm³/mol. The number of allylic oxidation sites excluding steroid dienone is 3. The summed E-state index contributed by atoms with van der Waals surface area (Å²) in [7, 11) is 0. The number of nitro benzene ring substituents is 1. The number of rotatable bonds is 6. The Morgan fingerprint density at radius 3 is 2.56 bits per heavy atom. The molecule has 1 N–H and O–H groups in total. The molecule has 2 aliphatic rings. The maximum Gasteiger partial charge on any atom is 0.336 e. The second-order valence-electron chi connectivity index (χ2n) is 7.97. The topological polar surface area (TPSA) is 105 Å². The number of carbonyl (C=O) groups excluding carboxylic acids is 1. The molecule has 162 valence electrons. The van der Waals surface area contributed by atoms with Gasteiger partial charge in [0.2, 0.25) is 0 Å². The number of nitrogens with zero attached hydrogens (tertiary/aromatic N) is 2. The highest BCUT2D eigenvalue weighted by Gasteiger charge is 2.47. The molecule has 1 aliphatic carbocycles. The summed E-state index contributed by atoms with van der Waals surface area (Å²) in [6.45, 7) is 3.71. The first-order chi connectivity index (χ1) is 15.5. The van der Waals surface area contributed by atoms with E-state index in [-0.39, 0.29) is 24.1 Å². The molecule has 32 heavy (non-hydrogen) atoms. The van der Waals surface area contributed by atoms with E-state index in [0.717, 1.165) is 12.1 Å². The Morgan fingerprint density at radius 2 is 1.91 bits per heavy atom. The van der Waals surface area contributed by atoms with E-state index >= 15 is 0 Å². The standard InChI is InChI=1S/C25H23N3O4/c1-3-32-25(29)23-22(17-10-7-11-18(12-17)28(30)31)21(14-26)15(2)27-24(23)20-13-19(20)16-8-5-4-6-9-16/h4-12,19-20,22,27H,3,13H2,1-2H3/t19-,20+,22?/m0/s1. The lowest BCUT2D eigenvalue weighted by Crippen LogP contribution is -2.31. The van der Waals surface area contributed by atoms with Crippen LogP contribution >= 0.6 is 0 Å². The summed E-state index contributed by atoms with van der Waals surface area (Å²) in [5, 5.41) is 24.6. The molecule has 0 aromatic heterocycles. The molecule has 1 aliphatic heterocycles. The predicted octanol–water partition coefficient (Wildman–Crippen LogP) is 4.70. The van der Waals surface area contributed by atoms with E-state index in [1.807, 2.05) is 18.2 Å². The Hall–Kier alpha value is -3.92. The summed E-state index contributed by atoms with van der Waals surface area (Å²) in [5.74, 6) is -0.906. The summed E-state index contributed by atoms with van der Waals surface area (Å²) in [6.07, 6.45) is 0.867. The Kier molecular flexibility index (Phi) is 5.78. The molecule has 0 radical (unpaired) electrons. The number of hydrogen-bond donors (Lipinski definition) is 1. The Morgan fingerprint density at radius 1 is 1.19 bits per heavy atom. The fourth-order valence-corrected chi connectivity index (χ4v) is 4.46. The highest BCUT2D eigenvalue weighted by atomic mass is 16.6. The highest BCUT2D eigenvalue weighted by Crippen LogP contribution is 2.54. The van der Waals surface area contributed by atoms with Gasteiger partial charge < -0.3 is 10.1 Å². The van der Waals surface area contributed by atoms with Gasteiger partial charge in [0, 0.05) is 29.4 Å². The molecule has 1 fully saturated rings. The van der Waals surface area contributed by atoms with E-state index in [0.29, 0.717) is 22.4 Å². The number of esters is 1. The van der Waals surface area contributed by atoms with Gasteiger partial charge in [-0.15, -0.1) is 0 Å². The van der Waals surface area contributed by atoms with Gasteiger partial charge in [-0.05, 0) is 37.3 Å². The van der Waals surface area contributed by atoms with Crippen molar-refractivity contribution in [1.82, 2.24) is 5.32 Å².